The summed E-state index contributed by atoms with van der Waals surface area (Å²) in [7, 11) is 0. The maximum atomic E-state index is 6.38. The van der Waals surface area contributed by atoms with E-state index in [9.17, 15) is 0 Å². The molecule has 0 saturated heterocycles. The summed E-state index contributed by atoms with van der Waals surface area (Å²) in [4.78, 5) is 0. The van der Waals surface area contributed by atoms with Crippen molar-refractivity contribution >= 4 is 0 Å². The molecule has 0 aromatic heterocycles. The molecule has 3 nitrogen and oxygen atoms in total. The molecule has 0 aliphatic carbocycles. The van der Waals surface area contributed by atoms with Crippen molar-refractivity contribution in [2.24, 2.45) is 0 Å². The summed E-state index contributed by atoms with van der Waals surface area (Å²) in [5.41, 5.74) is 0. The lowest BCUT2D eigenvalue weighted by molar-refractivity contribution is -0.384. The van der Waals surface area contributed by atoms with Crippen LogP contribution in [0.2, 0.25) is 0 Å². The predicted octanol–water partition coefficient (Wildman–Crippen LogP) is 9.96. The van der Waals surface area contributed by atoms with Crippen LogP contribution in [0.25, 0.3) is 0 Å². The number of hydrogen-bond acceptors (Lipinski definition) is 3. The van der Waals surface area contributed by atoms with Gasteiger partial charge in [-0.05, 0) is 25.7 Å². The first kappa shape index (κ1) is 31.9. The summed E-state index contributed by atoms with van der Waals surface area (Å²) in [5.74, 6) is -0.813. The molecule has 0 fully saturated rings. The topological polar surface area (TPSA) is 27.7 Å². The van der Waals surface area contributed by atoms with E-state index in [-0.39, 0.29) is 0 Å². The average Bonchev–Trinajstić information content (AvgIpc) is 2.81. The molecule has 0 radical (unpaired) electrons. The Morgan fingerprint density at radius 3 is 0.938 bits per heavy atom. The highest BCUT2D eigenvalue weighted by Gasteiger charge is 2.32. The first-order valence-electron chi connectivity index (χ1n) is 14.7. The molecule has 0 N–H and O–H groups in total. The third kappa shape index (κ3) is 20.5. The van der Waals surface area contributed by atoms with Crippen LogP contribution in [0.4, 0.5) is 0 Å². The van der Waals surface area contributed by atoms with Gasteiger partial charge in [-0.15, -0.1) is 0 Å². The Morgan fingerprint density at radius 1 is 0.344 bits per heavy atom. The van der Waals surface area contributed by atoms with Crippen LogP contribution in [0, 0.1) is 0 Å². The Balaban J connectivity index is 4.51. The maximum absolute atomic E-state index is 6.38. The molecule has 0 aliphatic rings. The molecule has 0 rings (SSSR count). The standard InChI is InChI=1S/C29H60O3/c1-5-9-13-16-19-22-26-30-29(25-12-8-4,31-27-23-20-17-14-10-6-2)32-28-24-21-18-15-11-7-3/h5-28H2,1-4H3. The van der Waals surface area contributed by atoms with Crippen molar-refractivity contribution in [3.05, 3.63) is 0 Å². The average molecular weight is 457 g/mol. The van der Waals surface area contributed by atoms with Crippen molar-refractivity contribution in [3.63, 3.8) is 0 Å². The molecule has 3 heteroatoms. The summed E-state index contributed by atoms with van der Waals surface area (Å²) in [6.07, 6.45) is 26.1. The summed E-state index contributed by atoms with van der Waals surface area (Å²) in [5, 5.41) is 0. The van der Waals surface area contributed by atoms with Gasteiger partial charge in [0.25, 0.3) is 5.97 Å². The minimum absolute atomic E-state index is 0.753. The van der Waals surface area contributed by atoms with Crippen molar-refractivity contribution < 1.29 is 14.2 Å². The van der Waals surface area contributed by atoms with E-state index < -0.39 is 5.97 Å². The van der Waals surface area contributed by atoms with Gasteiger partial charge in [-0.3, -0.25) is 0 Å². The quantitative estimate of drug-likeness (QED) is 0.0908. The molecule has 0 amide bonds. The Hall–Kier alpha value is -0.120. The Morgan fingerprint density at radius 2 is 0.625 bits per heavy atom. The van der Waals surface area contributed by atoms with Crippen molar-refractivity contribution in [2.75, 3.05) is 19.8 Å². The second kappa shape index (κ2) is 25.5. The third-order valence-corrected chi connectivity index (χ3v) is 6.30. The van der Waals surface area contributed by atoms with Gasteiger partial charge in [-0.1, -0.05) is 130 Å². The van der Waals surface area contributed by atoms with Gasteiger partial charge in [0.2, 0.25) is 0 Å². The predicted molar refractivity (Wildman–Crippen MR) is 140 cm³/mol. The Labute approximate surface area is 202 Å². The number of hydrogen-bond donors (Lipinski definition) is 0. The van der Waals surface area contributed by atoms with E-state index in [1.165, 1.54) is 96.3 Å². The monoisotopic (exact) mass is 456 g/mol. The molecule has 32 heavy (non-hydrogen) atoms. The van der Waals surface area contributed by atoms with Gasteiger partial charge in [0, 0.05) is 6.42 Å². The van der Waals surface area contributed by atoms with Crippen molar-refractivity contribution in [1.29, 1.82) is 0 Å². The van der Waals surface area contributed by atoms with Crippen LogP contribution in [-0.2, 0) is 14.2 Å². The molecule has 0 unspecified atom stereocenters. The zero-order chi connectivity index (χ0) is 23.6. The highest BCUT2D eigenvalue weighted by Crippen LogP contribution is 2.25. The number of unbranched alkanes of at least 4 members (excludes halogenated alkanes) is 16. The summed E-state index contributed by atoms with van der Waals surface area (Å²) >= 11 is 0. The van der Waals surface area contributed by atoms with Crippen LogP contribution >= 0.6 is 0 Å². The van der Waals surface area contributed by atoms with Crippen molar-refractivity contribution in [3.8, 4) is 0 Å². The van der Waals surface area contributed by atoms with E-state index in [1.807, 2.05) is 0 Å². The molecular weight excluding hydrogens is 396 g/mol. The van der Waals surface area contributed by atoms with Gasteiger partial charge in [-0.2, -0.15) is 0 Å². The number of ether oxygens (including phenoxy) is 3. The summed E-state index contributed by atoms with van der Waals surface area (Å²) in [6, 6.07) is 0. The Kier molecular flexibility index (Phi) is 25.4. The van der Waals surface area contributed by atoms with Crippen LogP contribution in [0.5, 0.6) is 0 Å². The van der Waals surface area contributed by atoms with Crippen LogP contribution in [0.15, 0.2) is 0 Å². The molecule has 194 valence electrons. The van der Waals surface area contributed by atoms with Crippen LogP contribution in [0.1, 0.15) is 163 Å². The van der Waals surface area contributed by atoms with E-state index in [2.05, 4.69) is 27.7 Å². The zero-order valence-corrected chi connectivity index (χ0v) is 22.7. The van der Waals surface area contributed by atoms with E-state index in [0.29, 0.717) is 0 Å². The molecule has 0 aromatic carbocycles. The van der Waals surface area contributed by atoms with E-state index >= 15 is 0 Å². The molecule has 0 heterocycles. The fourth-order valence-corrected chi connectivity index (χ4v) is 4.06. The normalized spacial score (nSPS) is 12.0. The van der Waals surface area contributed by atoms with Crippen LogP contribution < -0.4 is 0 Å². The maximum Gasteiger partial charge on any atom is 0.282 e. The van der Waals surface area contributed by atoms with Gasteiger partial charge in [0.15, 0.2) is 0 Å². The first-order chi connectivity index (χ1) is 15.7. The fraction of sp³-hybridized carbons (Fsp3) is 1.00. The van der Waals surface area contributed by atoms with Crippen LogP contribution in [0.3, 0.4) is 0 Å². The molecule has 0 bridgehead atoms. The fourth-order valence-electron chi connectivity index (χ4n) is 4.06. The van der Waals surface area contributed by atoms with Gasteiger partial charge >= 0.3 is 0 Å². The minimum atomic E-state index is -0.813. The lowest BCUT2D eigenvalue weighted by atomic mass is 10.1. The second-order valence-electron chi connectivity index (χ2n) is 9.64. The minimum Gasteiger partial charge on any atom is -0.327 e. The smallest absolute Gasteiger partial charge is 0.282 e. The van der Waals surface area contributed by atoms with E-state index in [4.69, 9.17) is 14.2 Å². The van der Waals surface area contributed by atoms with Gasteiger partial charge in [0.05, 0.1) is 19.8 Å². The lowest BCUT2D eigenvalue weighted by Crippen LogP contribution is -2.40. The number of rotatable bonds is 27. The molecule has 0 aliphatic heterocycles. The largest absolute Gasteiger partial charge is 0.327 e. The van der Waals surface area contributed by atoms with E-state index in [0.717, 1.165) is 58.3 Å². The third-order valence-electron chi connectivity index (χ3n) is 6.30. The molecule has 0 aromatic rings. The molecule has 0 saturated carbocycles. The first-order valence-corrected chi connectivity index (χ1v) is 14.7. The SMILES string of the molecule is CCCCCCCCOC(CCCC)(OCCCCCCCC)OCCCCCCCC. The second-order valence-corrected chi connectivity index (χ2v) is 9.64. The van der Waals surface area contributed by atoms with Crippen LogP contribution in [-0.4, -0.2) is 25.8 Å². The van der Waals surface area contributed by atoms with Gasteiger partial charge < -0.3 is 14.2 Å². The van der Waals surface area contributed by atoms with Crippen molar-refractivity contribution in [1.82, 2.24) is 0 Å². The summed E-state index contributed by atoms with van der Waals surface area (Å²) < 4.78 is 19.2. The highest BCUT2D eigenvalue weighted by atomic mass is 16.9. The van der Waals surface area contributed by atoms with Gasteiger partial charge in [0.1, 0.15) is 0 Å². The summed E-state index contributed by atoms with van der Waals surface area (Å²) in [6.45, 7) is 11.3. The van der Waals surface area contributed by atoms with Crippen molar-refractivity contribution in [2.45, 2.75) is 169 Å². The molecule has 0 atom stereocenters. The zero-order valence-electron chi connectivity index (χ0n) is 22.7. The van der Waals surface area contributed by atoms with E-state index in [1.54, 1.807) is 0 Å². The van der Waals surface area contributed by atoms with Gasteiger partial charge in [-0.25, -0.2) is 0 Å². The lowest BCUT2D eigenvalue weighted by Gasteiger charge is -2.33. The highest BCUT2D eigenvalue weighted by molar-refractivity contribution is 4.61. The molecule has 0 spiro atoms. The Bertz CT molecular complexity index is 300. The molecular formula is C29H60O3.